The molecular weight excluding hydrogens is 276 g/mol. The Morgan fingerprint density at radius 2 is 2.00 bits per heavy atom. The van der Waals surface area contributed by atoms with Crippen molar-refractivity contribution in [2.75, 3.05) is 20.1 Å². The molecule has 0 aliphatic heterocycles. The van der Waals surface area contributed by atoms with E-state index in [1.807, 2.05) is 6.07 Å². The van der Waals surface area contributed by atoms with Crippen molar-refractivity contribution in [2.45, 2.75) is 38.3 Å². The van der Waals surface area contributed by atoms with Crippen LogP contribution in [0.25, 0.3) is 0 Å². The topological polar surface area (TPSA) is 15.3 Å². The van der Waals surface area contributed by atoms with Crippen LogP contribution in [0.15, 0.2) is 12.1 Å². The molecule has 2 saturated carbocycles. The van der Waals surface area contributed by atoms with Crippen LogP contribution in [0.5, 0.6) is 0 Å². The van der Waals surface area contributed by atoms with Crippen LogP contribution in [0.2, 0.25) is 4.34 Å². The summed E-state index contributed by atoms with van der Waals surface area (Å²) in [4.78, 5) is 3.74. The van der Waals surface area contributed by atoms with Gasteiger partial charge in [-0.25, -0.2) is 0 Å². The molecule has 0 spiro atoms. The van der Waals surface area contributed by atoms with Crippen LogP contribution in [0.3, 0.4) is 0 Å². The molecule has 0 bridgehead atoms. The van der Waals surface area contributed by atoms with Crippen molar-refractivity contribution in [2.24, 2.45) is 11.8 Å². The van der Waals surface area contributed by atoms with Gasteiger partial charge < -0.3 is 10.2 Å². The van der Waals surface area contributed by atoms with Gasteiger partial charge in [-0.1, -0.05) is 11.6 Å². The van der Waals surface area contributed by atoms with Crippen molar-refractivity contribution in [3.05, 3.63) is 21.3 Å². The molecule has 1 heterocycles. The molecule has 3 rings (SSSR count). The Kier molecular flexibility index (Phi) is 4.47. The van der Waals surface area contributed by atoms with Crippen LogP contribution < -0.4 is 5.32 Å². The molecule has 0 radical (unpaired) electrons. The number of rotatable bonds is 8. The smallest absolute Gasteiger partial charge is 0.0931 e. The van der Waals surface area contributed by atoms with Gasteiger partial charge in [-0.3, -0.25) is 0 Å². The van der Waals surface area contributed by atoms with Gasteiger partial charge in [-0.15, -0.1) is 11.3 Å². The normalized spacial score (nSPS) is 19.6. The second-order valence-electron chi connectivity index (χ2n) is 6.10. The van der Waals surface area contributed by atoms with E-state index in [1.54, 1.807) is 11.3 Å². The molecule has 2 aliphatic rings. The highest BCUT2D eigenvalue weighted by Crippen LogP contribution is 2.44. The maximum Gasteiger partial charge on any atom is 0.0931 e. The average Bonchev–Trinajstić information content (AvgIpc) is 3.26. The first-order chi connectivity index (χ1) is 9.22. The number of hydrogen-bond donors (Lipinski definition) is 1. The van der Waals surface area contributed by atoms with E-state index in [-0.39, 0.29) is 0 Å². The largest absolute Gasteiger partial charge is 0.312 e. The maximum absolute atomic E-state index is 5.96. The predicted octanol–water partition coefficient (Wildman–Crippen LogP) is 3.61. The SMILES string of the molecule is CN(CCNC(C1CC1)C1CC1)Cc1ccc(Cl)s1. The van der Waals surface area contributed by atoms with Crippen molar-refractivity contribution in [1.29, 1.82) is 0 Å². The van der Waals surface area contributed by atoms with Crippen LogP contribution >= 0.6 is 22.9 Å². The van der Waals surface area contributed by atoms with E-state index >= 15 is 0 Å². The summed E-state index contributed by atoms with van der Waals surface area (Å²) in [6.45, 7) is 3.25. The van der Waals surface area contributed by atoms with Crippen molar-refractivity contribution < 1.29 is 0 Å². The van der Waals surface area contributed by atoms with Gasteiger partial charge in [0.1, 0.15) is 0 Å². The van der Waals surface area contributed by atoms with Crippen LogP contribution in [-0.4, -0.2) is 31.1 Å². The molecule has 0 aromatic carbocycles. The van der Waals surface area contributed by atoms with Gasteiger partial charge in [0, 0.05) is 30.6 Å². The average molecular weight is 299 g/mol. The monoisotopic (exact) mass is 298 g/mol. The van der Waals surface area contributed by atoms with Crippen LogP contribution in [0.4, 0.5) is 0 Å². The van der Waals surface area contributed by atoms with Crippen LogP contribution in [-0.2, 0) is 6.54 Å². The fourth-order valence-corrected chi connectivity index (χ4v) is 4.00. The van der Waals surface area contributed by atoms with Crippen LogP contribution in [0, 0.1) is 11.8 Å². The zero-order valence-electron chi connectivity index (χ0n) is 11.6. The lowest BCUT2D eigenvalue weighted by Gasteiger charge is -2.21. The van der Waals surface area contributed by atoms with Gasteiger partial charge in [0.2, 0.25) is 0 Å². The Morgan fingerprint density at radius 1 is 1.32 bits per heavy atom. The van der Waals surface area contributed by atoms with E-state index in [0.29, 0.717) is 0 Å². The fraction of sp³-hybridized carbons (Fsp3) is 0.733. The summed E-state index contributed by atoms with van der Waals surface area (Å²) in [6.07, 6.45) is 5.82. The highest BCUT2D eigenvalue weighted by Gasteiger charge is 2.40. The van der Waals surface area contributed by atoms with Crippen molar-refractivity contribution in [3.8, 4) is 0 Å². The van der Waals surface area contributed by atoms with Gasteiger partial charge in [0.25, 0.3) is 0 Å². The molecule has 1 N–H and O–H groups in total. The summed E-state index contributed by atoms with van der Waals surface area (Å²) in [7, 11) is 2.19. The zero-order chi connectivity index (χ0) is 13.2. The summed E-state index contributed by atoms with van der Waals surface area (Å²) in [5.74, 6) is 1.99. The number of halogens is 1. The molecule has 2 aliphatic carbocycles. The molecule has 0 unspecified atom stereocenters. The molecule has 2 nitrogen and oxygen atoms in total. The standard InChI is InChI=1S/C15H23ClN2S/c1-18(10-13-6-7-14(16)19-13)9-8-17-15(11-2-3-11)12-4-5-12/h6-7,11-12,15,17H,2-5,8-10H2,1H3. The molecule has 0 saturated heterocycles. The number of nitrogens with one attached hydrogen (secondary N) is 1. The molecule has 0 atom stereocenters. The van der Waals surface area contributed by atoms with E-state index in [9.17, 15) is 0 Å². The Hall–Kier alpha value is -0.0900. The lowest BCUT2D eigenvalue weighted by atomic mass is 10.1. The molecule has 19 heavy (non-hydrogen) atoms. The molecule has 2 fully saturated rings. The van der Waals surface area contributed by atoms with E-state index in [2.05, 4.69) is 23.3 Å². The molecule has 4 heteroatoms. The van der Waals surface area contributed by atoms with E-state index < -0.39 is 0 Å². The zero-order valence-corrected chi connectivity index (χ0v) is 13.1. The van der Waals surface area contributed by atoms with Gasteiger partial charge in [-0.05, 0) is 56.7 Å². The minimum Gasteiger partial charge on any atom is -0.312 e. The Bertz CT molecular complexity index is 400. The van der Waals surface area contributed by atoms with Crippen molar-refractivity contribution in [1.82, 2.24) is 10.2 Å². The third kappa shape index (κ3) is 4.19. The van der Waals surface area contributed by atoms with E-state index in [0.717, 1.165) is 41.8 Å². The van der Waals surface area contributed by atoms with Gasteiger partial charge in [0.15, 0.2) is 0 Å². The molecule has 106 valence electrons. The molecule has 1 aromatic heterocycles. The Labute approximate surface area is 125 Å². The summed E-state index contributed by atoms with van der Waals surface area (Å²) < 4.78 is 0.893. The second kappa shape index (κ2) is 6.13. The minimum absolute atomic E-state index is 0.824. The molecule has 0 amide bonds. The fourth-order valence-electron chi connectivity index (χ4n) is 2.83. The lowest BCUT2D eigenvalue weighted by molar-refractivity contribution is 0.307. The van der Waals surface area contributed by atoms with Crippen LogP contribution in [0.1, 0.15) is 30.6 Å². The third-order valence-corrected chi connectivity index (χ3v) is 5.40. The quantitative estimate of drug-likeness (QED) is 0.789. The first-order valence-corrected chi connectivity index (χ1v) is 8.58. The number of thiophene rings is 1. The van der Waals surface area contributed by atoms with Crippen molar-refractivity contribution >= 4 is 22.9 Å². The second-order valence-corrected chi connectivity index (χ2v) is 7.90. The van der Waals surface area contributed by atoms with E-state index in [1.165, 1.54) is 30.6 Å². The summed E-state index contributed by atoms with van der Waals surface area (Å²) in [6, 6.07) is 4.95. The van der Waals surface area contributed by atoms with Gasteiger partial charge in [-0.2, -0.15) is 0 Å². The first kappa shape index (κ1) is 13.9. The van der Waals surface area contributed by atoms with E-state index in [4.69, 9.17) is 11.6 Å². The summed E-state index contributed by atoms with van der Waals surface area (Å²) >= 11 is 7.65. The highest BCUT2D eigenvalue weighted by atomic mass is 35.5. The Morgan fingerprint density at radius 3 is 2.53 bits per heavy atom. The van der Waals surface area contributed by atoms with Gasteiger partial charge in [0.05, 0.1) is 4.34 Å². The summed E-state index contributed by atoms with van der Waals surface area (Å²) in [5, 5.41) is 3.80. The number of nitrogens with zero attached hydrogens (tertiary/aromatic N) is 1. The predicted molar refractivity (Wildman–Crippen MR) is 82.9 cm³/mol. The van der Waals surface area contributed by atoms with Crippen molar-refractivity contribution in [3.63, 3.8) is 0 Å². The number of hydrogen-bond acceptors (Lipinski definition) is 3. The molecular formula is C15H23ClN2S. The maximum atomic E-state index is 5.96. The molecule has 1 aromatic rings. The van der Waals surface area contributed by atoms with Gasteiger partial charge >= 0.3 is 0 Å². The third-order valence-electron chi connectivity index (χ3n) is 4.19. The minimum atomic E-state index is 0.824. The Balaban J connectivity index is 1.36. The first-order valence-electron chi connectivity index (χ1n) is 7.38. The lowest BCUT2D eigenvalue weighted by Crippen LogP contribution is -2.38. The summed E-state index contributed by atoms with van der Waals surface area (Å²) in [5.41, 5.74) is 0. The highest BCUT2D eigenvalue weighted by molar-refractivity contribution is 7.16. The number of likely N-dealkylation sites (N-methyl/N-ethyl adjacent to an activating group) is 1.